The molecule has 0 saturated carbocycles. The Bertz CT molecular complexity index is 688. The zero-order chi connectivity index (χ0) is 15.4. The third-order valence-electron chi connectivity index (χ3n) is 4.09. The summed E-state index contributed by atoms with van der Waals surface area (Å²) >= 11 is 0. The van der Waals surface area contributed by atoms with E-state index in [0.29, 0.717) is 0 Å². The van der Waals surface area contributed by atoms with Crippen molar-refractivity contribution in [2.24, 2.45) is 0 Å². The first-order chi connectivity index (χ1) is 10.8. The first-order valence-corrected chi connectivity index (χ1v) is 7.95. The molecule has 1 unspecified atom stereocenters. The number of hydrogen-bond donors (Lipinski definition) is 1. The number of nitrogens with one attached hydrogen (secondary N) is 1. The van der Waals surface area contributed by atoms with Crippen LogP contribution in [0, 0.1) is 0 Å². The molecule has 0 heterocycles. The molecule has 0 amide bonds. The van der Waals surface area contributed by atoms with Crippen LogP contribution in [0.4, 0.5) is 0 Å². The van der Waals surface area contributed by atoms with Gasteiger partial charge < -0.3 is 5.32 Å². The normalized spacial score (nSPS) is 18.7. The molecule has 0 aromatic heterocycles. The Kier molecular flexibility index (Phi) is 4.50. The average molecular weight is 291 g/mol. The monoisotopic (exact) mass is 291 g/mol. The summed E-state index contributed by atoms with van der Waals surface area (Å²) in [6.07, 6.45) is 4.28. The van der Waals surface area contributed by atoms with Gasteiger partial charge in [-0.15, -0.1) is 0 Å². The number of carbonyl (C=O) groups excluding carboxylic acids is 1. The van der Waals surface area contributed by atoms with Gasteiger partial charge in [0.15, 0.2) is 5.78 Å². The molecule has 1 atom stereocenters. The van der Waals surface area contributed by atoms with E-state index < -0.39 is 0 Å². The van der Waals surface area contributed by atoms with Crippen LogP contribution in [0.3, 0.4) is 0 Å². The predicted octanol–water partition coefficient (Wildman–Crippen LogP) is 4.40. The zero-order valence-corrected chi connectivity index (χ0v) is 12.9. The summed E-state index contributed by atoms with van der Waals surface area (Å²) in [5.74, 6) is 0.147. The Balaban J connectivity index is 1.97. The van der Waals surface area contributed by atoms with Crippen molar-refractivity contribution in [3.63, 3.8) is 0 Å². The first kappa shape index (κ1) is 14.7. The minimum Gasteiger partial charge on any atom is -0.306 e. The van der Waals surface area contributed by atoms with Gasteiger partial charge in [0.1, 0.15) is 0 Å². The molecule has 0 aliphatic heterocycles. The van der Waals surface area contributed by atoms with Crippen LogP contribution < -0.4 is 5.32 Å². The van der Waals surface area contributed by atoms with Gasteiger partial charge in [-0.3, -0.25) is 4.79 Å². The average Bonchev–Trinajstić information content (AvgIpc) is 2.82. The van der Waals surface area contributed by atoms with Gasteiger partial charge in [0.2, 0.25) is 0 Å². The second-order valence-corrected chi connectivity index (χ2v) is 5.67. The molecule has 3 rings (SSSR count). The molecule has 1 aliphatic rings. The summed E-state index contributed by atoms with van der Waals surface area (Å²) in [6.45, 7) is 3.10. The van der Waals surface area contributed by atoms with Crippen molar-refractivity contribution in [1.29, 1.82) is 0 Å². The Morgan fingerprint density at radius 3 is 2.55 bits per heavy atom. The summed E-state index contributed by atoms with van der Waals surface area (Å²) < 4.78 is 0. The van der Waals surface area contributed by atoms with Crippen molar-refractivity contribution >= 4 is 11.9 Å². The third-order valence-corrected chi connectivity index (χ3v) is 4.09. The topological polar surface area (TPSA) is 29.1 Å². The van der Waals surface area contributed by atoms with Crippen molar-refractivity contribution in [3.8, 4) is 0 Å². The Morgan fingerprint density at radius 1 is 1.05 bits per heavy atom. The fourth-order valence-electron chi connectivity index (χ4n) is 2.93. The number of Topliss-reactive ketones (excluding diaryl/α,β-unsaturated/α-hetero) is 1. The molecule has 0 saturated heterocycles. The molecule has 2 aromatic rings. The maximum Gasteiger partial charge on any atom is 0.191 e. The summed E-state index contributed by atoms with van der Waals surface area (Å²) in [4.78, 5) is 12.7. The third kappa shape index (κ3) is 2.88. The Hall–Kier alpha value is -2.19. The summed E-state index contributed by atoms with van der Waals surface area (Å²) in [5.41, 5.74) is 3.86. The maximum atomic E-state index is 12.7. The number of rotatable bonds is 5. The van der Waals surface area contributed by atoms with Crippen molar-refractivity contribution in [2.45, 2.75) is 25.8 Å². The fourth-order valence-corrected chi connectivity index (χ4v) is 2.93. The van der Waals surface area contributed by atoms with Crippen LogP contribution in [0.25, 0.3) is 6.08 Å². The molecular weight excluding hydrogens is 270 g/mol. The van der Waals surface area contributed by atoms with E-state index in [2.05, 4.69) is 18.3 Å². The molecule has 2 heteroatoms. The van der Waals surface area contributed by atoms with Crippen LogP contribution in [-0.2, 0) is 0 Å². The van der Waals surface area contributed by atoms with Crippen LogP contribution >= 0.6 is 0 Å². The number of benzene rings is 2. The van der Waals surface area contributed by atoms with Crippen LogP contribution in [0.2, 0.25) is 0 Å². The van der Waals surface area contributed by atoms with E-state index in [-0.39, 0.29) is 11.8 Å². The minimum absolute atomic E-state index is 0.00968. The number of hydrogen-bond acceptors (Lipinski definition) is 2. The lowest BCUT2D eigenvalue weighted by atomic mass is 10.0. The van der Waals surface area contributed by atoms with Crippen molar-refractivity contribution < 1.29 is 4.79 Å². The maximum absolute atomic E-state index is 12.7. The number of fused-ring (bicyclic) bond motifs is 1. The quantitative estimate of drug-likeness (QED) is 0.653. The minimum atomic E-state index is 0.00968. The van der Waals surface area contributed by atoms with E-state index >= 15 is 0 Å². The van der Waals surface area contributed by atoms with Gasteiger partial charge in [0.05, 0.1) is 6.04 Å². The molecule has 112 valence electrons. The summed E-state index contributed by atoms with van der Waals surface area (Å²) in [6, 6.07) is 18.0. The highest BCUT2D eigenvalue weighted by Gasteiger charge is 2.33. The predicted molar refractivity (Wildman–Crippen MR) is 90.8 cm³/mol. The van der Waals surface area contributed by atoms with Gasteiger partial charge in [-0.1, -0.05) is 67.9 Å². The lowest BCUT2D eigenvalue weighted by Gasteiger charge is -2.15. The number of ketones is 1. The fraction of sp³-hybridized carbons (Fsp3) is 0.250. The van der Waals surface area contributed by atoms with E-state index in [9.17, 15) is 4.79 Å². The lowest BCUT2D eigenvalue weighted by molar-refractivity contribution is 0.103. The number of carbonyl (C=O) groups is 1. The molecule has 1 N–H and O–H groups in total. The molecule has 2 nitrogen and oxygen atoms in total. The SMILES string of the molecule is CCCCNC1/C(=C/c2ccccc2)C(=O)c2ccccc21. The number of unbranched alkanes of at least 4 members (excludes halogenated alkanes) is 1. The van der Waals surface area contributed by atoms with E-state index in [1.807, 2.05) is 54.6 Å². The summed E-state index contributed by atoms with van der Waals surface area (Å²) in [7, 11) is 0. The molecule has 2 aromatic carbocycles. The van der Waals surface area contributed by atoms with Crippen LogP contribution in [0.5, 0.6) is 0 Å². The molecule has 0 bridgehead atoms. The highest BCUT2D eigenvalue weighted by atomic mass is 16.1. The smallest absolute Gasteiger partial charge is 0.191 e. The van der Waals surface area contributed by atoms with Crippen LogP contribution in [0.1, 0.15) is 47.3 Å². The first-order valence-electron chi connectivity index (χ1n) is 7.95. The largest absolute Gasteiger partial charge is 0.306 e. The Labute approximate surface area is 131 Å². The second kappa shape index (κ2) is 6.71. The highest BCUT2D eigenvalue weighted by Crippen LogP contribution is 2.36. The lowest BCUT2D eigenvalue weighted by Crippen LogP contribution is -2.22. The van der Waals surface area contributed by atoms with E-state index in [0.717, 1.165) is 41.6 Å². The van der Waals surface area contributed by atoms with Gasteiger partial charge in [-0.2, -0.15) is 0 Å². The molecule has 0 fully saturated rings. The Morgan fingerprint density at radius 2 is 1.77 bits per heavy atom. The van der Waals surface area contributed by atoms with Gasteiger partial charge in [-0.25, -0.2) is 0 Å². The van der Waals surface area contributed by atoms with Crippen molar-refractivity contribution in [3.05, 3.63) is 76.9 Å². The standard InChI is InChI=1S/C20H21NO/c1-2-3-13-21-19-16-11-7-8-12-17(16)20(22)18(19)14-15-9-5-4-6-10-15/h4-12,14,19,21H,2-3,13H2,1H3/b18-14-. The highest BCUT2D eigenvalue weighted by molar-refractivity contribution is 6.16. The second-order valence-electron chi connectivity index (χ2n) is 5.67. The molecular formula is C20H21NO. The van der Waals surface area contributed by atoms with E-state index in [1.165, 1.54) is 0 Å². The van der Waals surface area contributed by atoms with Gasteiger partial charge in [-0.05, 0) is 30.2 Å². The van der Waals surface area contributed by atoms with E-state index in [4.69, 9.17) is 0 Å². The summed E-state index contributed by atoms with van der Waals surface area (Å²) in [5, 5.41) is 3.55. The van der Waals surface area contributed by atoms with Gasteiger partial charge in [0.25, 0.3) is 0 Å². The van der Waals surface area contributed by atoms with Crippen molar-refractivity contribution in [1.82, 2.24) is 5.32 Å². The van der Waals surface area contributed by atoms with Gasteiger partial charge >= 0.3 is 0 Å². The molecule has 0 spiro atoms. The van der Waals surface area contributed by atoms with Gasteiger partial charge in [0, 0.05) is 11.1 Å². The van der Waals surface area contributed by atoms with Crippen LogP contribution in [0.15, 0.2) is 60.2 Å². The molecule has 0 radical (unpaired) electrons. The molecule has 1 aliphatic carbocycles. The van der Waals surface area contributed by atoms with Crippen LogP contribution in [-0.4, -0.2) is 12.3 Å². The zero-order valence-electron chi connectivity index (χ0n) is 12.9. The molecule has 22 heavy (non-hydrogen) atoms. The van der Waals surface area contributed by atoms with Crippen molar-refractivity contribution in [2.75, 3.05) is 6.54 Å². The van der Waals surface area contributed by atoms with E-state index in [1.54, 1.807) is 0 Å².